The minimum atomic E-state index is 0. The first-order valence-corrected chi connectivity index (χ1v) is 1.50. The summed E-state index contributed by atoms with van der Waals surface area (Å²) in [5.41, 5.74) is 0. The van der Waals surface area contributed by atoms with Crippen molar-refractivity contribution in [3.63, 3.8) is 0 Å². The van der Waals surface area contributed by atoms with Gasteiger partial charge in [0.25, 0.3) is 0 Å². The summed E-state index contributed by atoms with van der Waals surface area (Å²) in [6.07, 6.45) is 0. The molecule has 0 amide bonds. The summed E-state index contributed by atoms with van der Waals surface area (Å²) >= 11 is 0. The predicted molar refractivity (Wildman–Crippen MR) is 43.0 cm³/mol. The van der Waals surface area contributed by atoms with Crippen LogP contribution in [0.15, 0.2) is 0 Å². The van der Waals surface area contributed by atoms with Gasteiger partial charge >= 0.3 is 21.7 Å². The van der Waals surface area contributed by atoms with Gasteiger partial charge in [0.1, 0.15) is 0 Å². The van der Waals surface area contributed by atoms with Crippen molar-refractivity contribution in [3.05, 3.63) is 20.8 Å². The predicted octanol–water partition coefficient (Wildman–Crippen LogP) is 1.33. The van der Waals surface area contributed by atoms with E-state index in [0.29, 0.717) is 0 Å². The second kappa shape index (κ2) is 24.7. The van der Waals surface area contributed by atoms with Crippen LogP contribution in [-0.4, -0.2) is 11.0 Å². The van der Waals surface area contributed by atoms with Crippen molar-refractivity contribution in [2.24, 2.45) is 0 Å². The molecule has 0 saturated carbocycles. The van der Waals surface area contributed by atoms with Crippen molar-refractivity contribution >= 4 is 11.0 Å². The first-order valence-electron chi connectivity index (χ1n) is 1.50. The van der Waals surface area contributed by atoms with Gasteiger partial charge in [-0.15, -0.1) is 0 Å². The van der Waals surface area contributed by atoms with Crippen LogP contribution in [-0.2, 0) is 21.7 Å². The van der Waals surface area contributed by atoms with E-state index >= 15 is 0 Å². The molecule has 0 aromatic rings. The van der Waals surface area contributed by atoms with E-state index in [1.165, 1.54) is 5.92 Å². The molecule has 0 aromatic carbocycles. The SMILES string of the molecule is C[C-](C)C.[CH3-].[CH3-].[SiH3].[Ti+3]. The second-order valence-corrected chi connectivity index (χ2v) is 1.50. The molecule has 0 bridgehead atoms. The Morgan fingerprint density at radius 3 is 0.875 bits per heavy atom. The molecule has 0 aliphatic rings. The Morgan fingerprint density at radius 2 is 0.875 bits per heavy atom. The summed E-state index contributed by atoms with van der Waals surface area (Å²) < 4.78 is 0. The molecule has 0 spiro atoms. The Bertz CT molecular complexity index is 13.2. The summed E-state index contributed by atoms with van der Waals surface area (Å²) in [5, 5.41) is 0. The minimum absolute atomic E-state index is 0. The van der Waals surface area contributed by atoms with Crippen LogP contribution in [0.3, 0.4) is 0 Å². The third-order valence-corrected chi connectivity index (χ3v) is 0. The average Bonchev–Trinajstić information content (AvgIpc) is 0.811. The fourth-order valence-electron chi connectivity index (χ4n) is 0. The van der Waals surface area contributed by atoms with Gasteiger partial charge in [0, 0.05) is 0 Å². The molecule has 0 aromatic heterocycles. The van der Waals surface area contributed by atoms with Gasteiger partial charge in [0.15, 0.2) is 0 Å². The van der Waals surface area contributed by atoms with Crippen LogP contribution in [0.5, 0.6) is 0 Å². The van der Waals surface area contributed by atoms with Gasteiger partial charge in [-0.3, -0.25) is 0 Å². The Hall–Kier alpha value is 0.931. The van der Waals surface area contributed by atoms with E-state index in [-0.39, 0.29) is 47.5 Å². The zero-order chi connectivity index (χ0) is 3.58. The number of hydrogen-bond donors (Lipinski definition) is 0. The second-order valence-electron chi connectivity index (χ2n) is 1.50. The van der Waals surface area contributed by atoms with Crippen LogP contribution in [0.2, 0.25) is 0 Å². The van der Waals surface area contributed by atoms with Crippen molar-refractivity contribution in [1.82, 2.24) is 0 Å². The summed E-state index contributed by atoms with van der Waals surface area (Å²) in [6.45, 7) is 6.25. The van der Waals surface area contributed by atoms with Crippen LogP contribution >= 0.6 is 0 Å². The Kier molecular flexibility index (Phi) is 112. The van der Waals surface area contributed by atoms with Crippen LogP contribution in [0.4, 0.5) is 0 Å². The van der Waals surface area contributed by atoms with Crippen molar-refractivity contribution in [1.29, 1.82) is 0 Å². The Morgan fingerprint density at radius 1 is 0.875 bits per heavy atom. The van der Waals surface area contributed by atoms with Gasteiger partial charge in [-0.05, 0) is 11.0 Å². The average molecular weight is 166 g/mol. The van der Waals surface area contributed by atoms with Crippen LogP contribution in [0.25, 0.3) is 0 Å². The normalized spacial score (nSPS) is 4.50. The maximum Gasteiger partial charge on any atom is 3.00 e. The van der Waals surface area contributed by atoms with Gasteiger partial charge in [-0.1, -0.05) is 0 Å². The van der Waals surface area contributed by atoms with E-state index in [1.807, 2.05) is 0 Å². The maximum absolute atomic E-state index is 2.08. The number of hydrogen-bond acceptors (Lipinski definition) is 0. The van der Waals surface area contributed by atoms with Crippen molar-refractivity contribution in [2.45, 2.75) is 20.8 Å². The molecule has 0 atom stereocenters. The molecule has 0 saturated heterocycles. The van der Waals surface area contributed by atoms with E-state index in [0.717, 1.165) is 0 Å². The molecule has 0 aliphatic heterocycles. The Labute approximate surface area is 74.4 Å². The van der Waals surface area contributed by atoms with Gasteiger partial charge < -0.3 is 20.8 Å². The summed E-state index contributed by atoms with van der Waals surface area (Å²) in [7, 11) is 0. The third kappa shape index (κ3) is 281. The van der Waals surface area contributed by atoms with E-state index in [1.54, 1.807) is 0 Å². The first kappa shape index (κ1) is 36.4. The molecule has 0 aliphatic carbocycles. The fraction of sp³-hybridized carbons (Fsp3) is 0.500. The summed E-state index contributed by atoms with van der Waals surface area (Å²) in [5.74, 6) is 1.42. The zero-order valence-corrected chi connectivity index (χ0v) is 10.6. The van der Waals surface area contributed by atoms with Crippen LogP contribution in [0.1, 0.15) is 20.8 Å². The van der Waals surface area contributed by atoms with E-state index in [2.05, 4.69) is 20.8 Å². The Balaban J connectivity index is -0.00000000750. The van der Waals surface area contributed by atoms with Gasteiger partial charge in [0.2, 0.25) is 0 Å². The van der Waals surface area contributed by atoms with Crippen molar-refractivity contribution in [2.75, 3.05) is 0 Å². The quantitative estimate of drug-likeness (QED) is 0.376. The number of rotatable bonds is 0. The van der Waals surface area contributed by atoms with Crippen LogP contribution < -0.4 is 0 Å². The topological polar surface area (TPSA) is 0 Å². The smallest absolute Gasteiger partial charge is 0.358 e. The molecule has 2 heteroatoms. The molecular weight excluding hydrogens is 148 g/mol. The van der Waals surface area contributed by atoms with Gasteiger partial charge in [-0.25, -0.2) is 0 Å². The van der Waals surface area contributed by atoms with Crippen molar-refractivity contribution in [3.8, 4) is 0 Å². The zero-order valence-electron chi connectivity index (χ0n) is 7.00. The molecule has 0 fully saturated rings. The fourth-order valence-corrected chi connectivity index (χ4v) is 0. The molecule has 0 nitrogen and oxygen atoms in total. The molecular formula is C6H18SiTi. The van der Waals surface area contributed by atoms with E-state index in [4.69, 9.17) is 0 Å². The standard InChI is InChI=1S/C4H9.2CH3.H3Si.Ti/c1-4(2)3;;;;/h1-3H3;3*1H3;/q3*-1;;+3. The molecule has 50 valence electrons. The summed E-state index contributed by atoms with van der Waals surface area (Å²) in [6, 6.07) is 0. The monoisotopic (exact) mass is 166 g/mol. The largest absolute Gasteiger partial charge is 3.00 e. The van der Waals surface area contributed by atoms with Gasteiger partial charge in [-0.2, -0.15) is 20.8 Å². The third-order valence-electron chi connectivity index (χ3n) is 0. The summed E-state index contributed by atoms with van der Waals surface area (Å²) in [4.78, 5) is 0. The molecule has 0 unspecified atom stereocenters. The molecule has 0 heterocycles. The molecule has 0 N–H and O–H groups in total. The van der Waals surface area contributed by atoms with E-state index in [9.17, 15) is 0 Å². The van der Waals surface area contributed by atoms with Gasteiger partial charge in [0.05, 0.1) is 0 Å². The van der Waals surface area contributed by atoms with E-state index < -0.39 is 0 Å². The van der Waals surface area contributed by atoms with Crippen molar-refractivity contribution < 1.29 is 21.7 Å². The van der Waals surface area contributed by atoms with Crippen LogP contribution in [0, 0.1) is 20.8 Å². The molecule has 2 radical (unpaired) electrons. The maximum atomic E-state index is 2.08. The minimum Gasteiger partial charge on any atom is -0.358 e. The first-order chi connectivity index (χ1) is 1.73. The molecule has 8 heavy (non-hydrogen) atoms. The molecule has 0 rings (SSSR count).